The molecule has 1 saturated heterocycles. The smallest absolute Gasteiger partial charge is 0.225 e. The first-order valence-electron chi connectivity index (χ1n) is 12.1. The van der Waals surface area contributed by atoms with Gasteiger partial charge in [-0.15, -0.1) is 0 Å². The highest BCUT2D eigenvalue weighted by Crippen LogP contribution is 2.26. The number of ether oxygens (including phenoxy) is 1. The van der Waals surface area contributed by atoms with Gasteiger partial charge in [0.15, 0.2) is 5.78 Å². The summed E-state index contributed by atoms with van der Waals surface area (Å²) in [4.78, 5) is 23.5. The number of anilines is 1. The molecule has 0 saturated carbocycles. The molecule has 1 aliphatic heterocycles. The molecule has 1 aliphatic rings. The molecule has 7 heteroatoms. The van der Waals surface area contributed by atoms with E-state index in [1.807, 2.05) is 32.9 Å². The molecule has 1 atom stereocenters. The van der Waals surface area contributed by atoms with E-state index in [1.165, 1.54) is 0 Å². The number of benzene rings is 1. The Hall–Kier alpha value is -2.18. The Balaban J connectivity index is 1.40. The zero-order valence-electron chi connectivity index (χ0n) is 20.1. The van der Waals surface area contributed by atoms with Crippen LogP contribution in [0.3, 0.4) is 0 Å². The van der Waals surface area contributed by atoms with Gasteiger partial charge in [0, 0.05) is 31.1 Å². The number of hydrogen-bond donors (Lipinski definition) is 1. The fourth-order valence-electron chi connectivity index (χ4n) is 4.61. The molecule has 1 fully saturated rings. The lowest BCUT2D eigenvalue weighted by molar-refractivity contribution is 0.0977. The van der Waals surface area contributed by atoms with Crippen LogP contribution in [-0.2, 0) is 0 Å². The van der Waals surface area contributed by atoms with Crippen LogP contribution in [0.25, 0.3) is 0 Å². The van der Waals surface area contributed by atoms with Crippen molar-refractivity contribution >= 4 is 23.3 Å². The summed E-state index contributed by atoms with van der Waals surface area (Å²) < 4.78 is 6.04. The molecule has 180 valence electrons. The van der Waals surface area contributed by atoms with E-state index in [0.717, 1.165) is 80.0 Å². The van der Waals surface area contributed by atoms with Crippen LogP contribution in [0, 0.1) is 19.8 Å². The predicted octanol–water partition coefficient (Wildman–Crippen LogP) is 5.52. The third-order valence-corrected chi connectivity index (χ3v) is 6.57. The molecule has 0 bridgehead atoms. The van der Waals surface area contributed by atoms with Crippen molar-refractivity contribution in [2.75, 3.05) is 24.6 Å². The lowest BCUT2D eigenvalue weighted by atomic mass is 9.92. The van der Waals surface area contributed by atoms with Crippen molar-refractivity contribution in [2.24, 2.45) is 11.7 Å². The average molecular weight is 473 g/mol. The molecule has 0 spiro atoms. The van der Waals surface area contributed by atoms with Gasteiger partial charge in [-0.2, -0.15) is 0 Å². The molecule has 3 rings (SSSR count). The topological polar surface area (TPSA) is 81.3 Å². The first-order chi connectivity index (χ1) is 15.8. The van der Waals surface area contributed by atoms with Crippen LogP contribution >= 0.6 is 11.6 Å². The number of Topliss-reactive ketones (excluding diaryl/α,β-unsaturated/α-hetero) is 1. The van der Waals surface area contributed by atoms with Crippen LogP contribution in [0.2, 0.25) is 5.02 Å². The Morgan fingerprint density at radius 3 is 2.42 bits per heavy atom. The second-order valence-electron chi connectivity index (χ2n) is 9.35. The summed E-state index contributed by atoms with van der Waals surface area (Å²) in [6, 6.07) is 4.13. The minimum absolute atomic E-state index is 0.140. The van der Waals surface area contributed by atoms with Crippen molar-refractivity contribution in [1.29, 1.82) is 0 Å². The van der Waals surface area contributed by atoms with Crippen molar-refractivity contribution in [3.05, 3.63) is 46.2 Å². The monoisotopic (exact) mass is 472 g/mol. The molecular formula is C26H37ClN4O2. The fourth-order valence-corrected chi connectivity index (χ4v) is 4.71. The Labute approximate surface area is 202 Å². The summed E-state index contributed by atoms with van der Waals surface area (Å²) in [6.45, 7) is 8.62. The van der Waals surface area contributed by atoms with Gasteiger partial charge in [0.2, 0.25) is 5.95 Å². The first kappa shape index (κ1) is 25.4. The van der Waals surface area contributed by atoms with E-state index in [9.17, 15) is 4.79 Å². The number of aromatic nitrogens is 2. The summed E-state index contributed by atoms with van der Waals surface area (Å²) >= 11 is 5.88. The minimum Gasteiger partial charge on any atom is -0.494 e. The van der Waals surface area contributed by atoms with Gasteiger partial charge >= 0.3 is 0 Å². The van der Waals surface area contributed by atoms with E-state index in [0.29, 0.717) is 24.0 Å². The van der Waals surface area contributed by atoms with E-state index >= 15 is 0 Å². The maximum absolute atomic E-state index is 12.6. The van der Waals surface area contributed by atoms with Gasteiger partial charge in [-0.1, -0.05) is 11.6 Å². The van der Waals surface area contributed by atoms with Gasteiger partial charge in [0.05, 0.1) is 24.0 Å². The fraction of sp³-hybridized carbons (Fsp3) is 0.577. The molecule has 1 aromatic carbocycles. The summed E-state index contributed by atoms with van der Waals surface area (Å²) in [5.41, 5.74) is 8.62. The standard InChI is InChI=1S/C26H37ClN4O2/c1-18-14-23(15-19(2)25(18)24(32)8-4-6-20(3)28)33-13-5-7-21-9-11-31(12-10-21)26-29-16-22(27)17-30-26/h14-17,20-21H,4-13,28H2,1-3H3/t20-/m1/s1. The third-order valence-electron chi connectivity index (χ3n) is 6.38. The highest BCUT2D eigenvalue weighted by Gasteiger charge is 2.21. The lowest BCUT2D eigenvalue weighted by Gasteiger charge is -2.32. The second kappa shape index (κ2) is 12.3. The average Bonchev–Trinajstić information content (AvgIpc) is 2.77. The number of nitrogens with two attached hydrogens (primary N) is 1. The zero-order valence-corrected chi connectivity index (χ0v) is 20.9. The van der Waals surface area contributed by atoms with E-state index in [-0.39, 0.29) is 11.8 Å². The molecule has 2 N–H and O–H groups in total. The Morgan fingerprint density at radius 2 is 1.82 bits per heavy atom. The van der Waals surface area contributed by atoms with Crippen molar-refractivity contribution in [3.8, 4) is 5.75 Å². The molecule has 1 aromatic heterocycles. The molecule has 0 radical (unpaired) electrons. The van der Waals surface area contributed by atoms with Gasteiger partial charge in [-0.3, -0.25) is 4.79 Å². The molecule has 6 nitrogen and oxygen atoms in total. The van der Waals surface area contributed by atoms with Crippen molar-refractivity contribution in [1.82, 2.24) is 9.97 Å². The zero-order chi connectivity index (χ0) is 23.8. The number of aryl methyl sites for hydroxylation is 2. The van der Waals surface area contributed by atoms with Crippen LogP contribution < -0.4 is 15.4 Å². The summed E-state index contributed by atoms with van der Waals surface area (Å²) in [7, 11) is 0. The van der Waals surface area contributed by atoms with Gasteiger partial charge < -0.3 is 15.4 Å². The van der Waals surface area contributed by atoms with Crippen molar-refractivity contribution in [2.45, 2.75) is 71.8 Å². The number of carbonyl (C=O) groups is 1. The number of piperidine rings is 1. The van der Waals surface area contributed by atoms with Crippen molar-refractivity contribution in [3.63, 3.8) is 0 Å². The molecule has 0 unspecified atom stereocenters. The summed E-state index contributed by atoms with van der Waals surface area (Å²) in [6.07, 6.45) is 10.0. The molecule has 33 heavy (non-hydrogen) atoms. The highest BCUT2D eigenvalue weighted by atomic mass is 35.5. The number of halogens is 1. The number of ketones is 1. The summed E-state index contributed by atoms with van der Waals surface area (Å²) in [5.74, 6) is 2.53. The van der Waals surface area contributed by atoms with Crippen LogP contribution in [-0.4, -0.2) is 41.5 Å². The minimum atomic E-state index is 0.140. The lowest BCUT2D eigenvalue weighted by Crippen LogP contribution is -2.34. The first-order valence-corrected chi connectivity index (χ1v) is 12.5. The van der Waals surface area contributed by atoms with Gasteiger partial charge in [-0.05, 0) is 88.5 Å². The molecule has 2 aromatic rings. The Morgan fingerprint density at radius 1 is 1.18 bits per heavy atom. The normalized spacial score (nSPS) is 15.5. The summed E-state index contributed by atoms with van der Waals surface area (Å²) in [5, 5.41) is 0.567. The van der Waals surface area contributed by atoms with Crippen LogP contribution in [0.15, 0.2) is 24.5 Å². The van der Waals surface area contributed by atoms with Crippen LogP contribution in [0.5, 0.6) is 5.75 Å². The van der Waals surface area contributed by atoms with E-state index < -0.39 is 0 Å². The number of carbonyl (C=O) groups excluding carboxylic acids is 1. The van der Waals surface area contributed by atoms with Gasteiger partial charge in [0.25, 0.3) is 0 Å². The number of rotatable bonds is 11. The Bertz CT molecular complexity index is 886. The van der Waals surface area contributed by atoms with Crippen LogP contribution in [0.1, 0.15) is 73.4 Å². The second-order valence-corrected chi connectivity index (χ2v) is 9.78. The van der Waals surface area contributed by atoms with Crippen molar-refractivity contribution < 1.29 is 9.53 Å². The molecule has 0 amide bonds. The Kier molecular flexibility index (Phi) is 9.51. The third kappa shape index (κ3) is 7.68. The van der Waals surface area contributed by atoms with E-state index in [4.69, 9.17) is 22.1 Å². The highest BCUT2D eigenvalue weighted by molar-refractivity contribution is 6.30. The largest absolute Gasteiger partial charge is 0.494 e. The molecule has 2 heterocycles. The van der Waals surface area contributed by atoms with E-state index in [1.54, 1.807) is 12.4 Å². The van der Waals surface area contributed by atoms with Crippen LogP contribution in [0.4, 0.5) is 5.95 Å². The maximum atomic E-state index is 12.6. The SMILES string of the molecule is Cc1cc(OCCCC2CCN(c3ncc(Cl)cn3)CC2)cc(C)c1C(=O)CCC[C@@H](C)N. The molecular weight excluding hydrogens is 436 g/mol. The predicted molar refractivity (Wildman–Crippen MR) is 134 cm³/mol. The van der Waals surface area contributed by atoms with Gasteiger partial charge in [-0.25, -0.2) is 9.97 Å². The van der Waals surface area contributed by atoms with Gasteiger partial charge in [0.1, 0.15) is 5.75 Å². The number of nitrogens with zero attached hydrogens (tertiary/aromatic N) is 3. The molecule has 0 aliphatic carbocycles. The maximum Gasteiger partial charge on any atom is 0.225 e. The quantitative estimate of drug-likeness (QED) is 0.342. The van der Waals surface area contributed by atoms with E-state index in [2.05, 4.69) is 14.9 Å². The number of hydrogen-bond acceptors (Lipinski definition) is 6.